The number of hydrogen-bond acceptors (Lipinski definition) is 5. The first-order valence-electron chi connectivity index (χ1n) is 11.4. The molecule has 2 saturated heterocycles. The van der Waals surface area contributed by atoms with E-state index in [0.717, 1.165) is 38.4 Å². The molecule has 1 aliphatic carbocycles. The van der Waals surface area contributed by atoms with Crippen LogP contribution in [0, 0.1) is 17.2 Å². The predicted molar refractivity (Wildman–Crippen MR) is 129 cm³/mol. The highest BCUT2D eigenvalue weighted by Gasteiger charge is 2.54. The standard InChI is InChI=1S/C23H26Cl2F2N4O2S/c1-14-4-3-10-31(14)17-7-8-23(17)9-11-30(13-23)16-12-15(24)22(21(27)20(16)25)34(32,33)29-19-6-2-5-18(26)28-19/h2,5-6,12,14,17H,3-4,7-11,13H2,1H3,(H,28,29)/t14-,17+,23-/m0/s1. The number of anilines is 2. The lowest BCUT2D eigenvalue weighted by Gasteiger charge is -2.53. The molecule has 0 bridgehead atoms. The van der Waals surface area contributed by atoms with Gasteiger partial charge in [-0.3, -0.25) is 9.62 Å². The van der Waals surface area contributed by atoms with Crippen LogP contribution in [0.15, 0.2) is 29.2 Å². The summed E-state index contributed by atoms with van der Waals surface area (Å²) in [7, 11) is -4.49. The van der Waals surface area contributed by atoms with Gasteiger partial charge in [-0.1, -0.05) is 29.3 Å². The van der Waals surface area contributed by atoms with Gasteiger partial charge in [0.1, 0.15) is 15.7 Å². The summed E-state index contributed by atoms with van der Waals surface area (Å²) in [6, 6.07) is 6.10. The third-order valence-electron chi connectivity index (χ3n) is 7.67. The highest BCUT2D eigenvalue weighted by molar-refractivity contribution is 7.92. The highest BCUT2D eigenvalue weighted by Crippen LogP contribution is 2.53. The lowest BCUT2D eigenvalue weighted by Crippen LogP contribution is -2.57. The third-order valence-corrected chi connectivity index (χ3v) is 9.86. The molecule has 6 nitrogen and oxygen atoms in total. The molecule has 34 heavy (non-hydrogen) atoms. The van der Waals surface area contributed by atoms with Gasteiger partial charge in [-0.25, -0.2) is 17.8 Å². The number of likely N-dealkylation sites (tertiary alicyclic amines) is 1. The van der Waals surface area contributed by atoms with Crippen LogP contribution in [0.3, 0.4) is 0 Å². The van der Waals surface area contributed by atoms with E-state index >= 15 is 4.39 Å². The van der Waals surface area contributed by atoms with Crippen molar-refractivity contribution in [3.8, 4) is 0 Å². The minimum Gasteiger partial charge on any atom is -0.370 e. The number of nitrogens with zero attached hydrogens (tertiary/aromatic N) is 3. The minimum absolute atomic E-state index is 0.139. The van der Waals surface area contributed by atoms with Gasteiger partial charge in [-0.05, 0) is 63.8 Å². The zero-order chi connectivity index (χ0) is 24.3. The van der Waals surface area contributed by atoms with Crippen LogP contribution in [-0.4, -0.2) is 50.0 Å². The maximum atomic E-state index is 15.4. The first-order valence-corrected chi connectivity index (χ1v) is 13.7. The summed E-state index contributed by atoms with van der Waals surface area (Å²) in [4.78, 5) is 7.30. The summed E-state index contributed by atoms with van der Waals surface area (Å²) in [6.07, 6.45) is 5.70. The monoisotopic (exact) mass is 530 g/mol. The Bertz CT molecular complexity index is 1230. The maximum absolute atomic E-state index is 15.4. The second kappa shape index (κ2) is 8.76. The summed E-state index contributed by atoms with van der Waals surface area (Å²) in [5.41, 5.74) is 0.532. The molecule has 2 aliphatic heterocycles. The Balaban J connectivity index is 1.40. The lowest BCUT2D eigenvalue weighted by atomic mass is 9.63. The van der Waals surface area contributed by atoms with Crippen LogP contribution in [0.5, 0.6) is 0 Å². The van der Waals surface area contributed by atoms with Crippen LogP contribution in [0.4, 0.5) is 20.3 Å². The number of sulfonamides is 1. The van der Waals surface area contributed by atoms with Gasteiger partial charge in [-0.15, -0.1) is 0 Å². The zero-order valence-corrected chi connectivity index (χ0v) is 21.0. The molecule has 5 rings (SSSR count). The molecule has 184 valence electrons. The number of nitrogens with one attached hydrogen (secondary N) is 1. The Morgan fingerprint density at radius 1 is 1.18 bits per heavy atom. The summed E-state index contributed by atoms with van der Waals surface area (Å²) in [5.74, 6) is -2.29. The van der Waals surface area contributed by atoms with Gasteiger partial charge in [0.25, 0.3) is 10.0 Å². The average molecular weight is 531 g/mol. The number of hydrogen-bond donors (Lipinski definition) is 1. The van der Waals surface area contributed by atoms with Gasteiger partial charge in [0.15, 0.2) is 5.82 Å². The number of rotatable bonds is 5. The van der Waals surface area contributed by atoms with E-state index in [0.29, 0.717) is 24.3 Å². The second-order valence-corrected chi connectivity index (χ2v) is 12.0. The predicted octanol–water partition coefficient (Wildman–Crippen LogP) is 5.31. The van der Waals surface area contributed by atoms with E-state index < -0.39 is 26.7 Å². The zero-order valence-electron chi connectivity index (χ0n) is 18.7. The van der Waals surface area contributed by atoms with E-state index in [1.807, 2.05) is 4.90 Å². The molecule has 11 heteroatoms. The summed E-state index contributed by atoms with van der Waals surface area (Å²) >= 11 is 12.7. The topological polar surface area (TPSA) is 65.5 Å². The maximum Gasteiger partial charge on any atom is 0.267 e. The lowest BCUT2D eigenvalue weighted by molar-refractivity contribution is -0.0152. The van der Waals surface area contributed by atoms with Crippen LogP contribution >= 0.6 is 23.2 Å². The molecule has 1 aromatic heterocycles. The van der Waals surface area contributed by atoms with E-state index in [1.165, 1.54) is 31.0 Å². The van der Waals surface area contributed by atoms with Crippen molar-refractivity contribution in [1.29, 1.82) is 0 Å². The summed E-state index contributed by atoms with van der Waals surface area (Å²) < 4.78 is 56.5. The van der Waals surface area contributed by atoms with Crippen molar-refractivity contribution in [3.63, 3.8) is 0 Å². The summed E-state index contributed by atoms with van der Waals surface area (Å²) in [5, 5.41) is -0.584. The SMILES string of the molecule is C[C@H]1CCCN1[C@@H]1CC[C@@]12CCN(c1cc(Cl)c(S(=O)(=O)Nc3cccc(F)n3)c(F)c1Cl)C2. The Kier molecular flexibility index (Phi) is 6.19. The Labute approximate surface area is 208 Å². The van der Waals surface area contributed by atoms with Crippen LogP contribution < -0.4 is 9.62 Å². The van der Waals surface area contributed by atoms with Crippen molar-refractivity contribution in [2.45, 2.75) is 56.0 Å². The molecular formula is C23H26Cl2F2N4O2S. The molecule has 1 aromatic carbocycles. The second-order valence-electron chi connectivity index (χ2n) is 9.60. The van der Waals surface area contributed by atoms with Gasteiger partial charge in [0.2, 0.25) is 5.95 Å². The van der Waals surface area contributed by atoms with E-state index in [2.05, 4.69) is 21.5 Å². The van der Waals surface area contributed by atoms with Crippen LogP contribution in [0.2, 0.25) is 10.0 Å². The number of halogens is 4. The highest BCUT2D eigenvalue weighted by atomic mass is 35.5. The molecule has 3 fully saturated rings. The molecule has 1 saturated carbocycles. The quantitative estimate of drug-likeness (QED) is 0.419. The Morgan fingerprint density at radius 3 is 2.62 bits per heavy atom. The molecule has 1 spiro atoms. The molecule has 0 radical (unpaired) electrons. The molecule has 2 aromatic rings. The summed E-state index contributed by atoms with van der Waals surface area (Å²) in [6.45, 7) is 4.83. The fourth-order valence-electron chi connectivity index (χ4n) is 5.89. The van der Waals surface area contributed by atoms with Gasteiger partial charge >= 0.3 is 0 Å². The van der Waals surface area contributed by atoms with Gasteiger partial charge in [-0.2, -0.15) is 4.39 Å². The molecule has 0 unspecified atom stereocenters. The van der Waals surface area contributed by atoms with E-state index in [9.17, 15) is 12.8 Å². The molecule has 3 aliphatic rings. The van der Waals surface area contributed by atoms with Crippen molar-refractivity contribution in [1.82, 2.24) is 9.88 Å². The van der Waals surface area contributed by atoms with Gasteiger partial charge < -0.3 is 4.90 Å². The van der Waals surface area contributed by atoms with E-state index in [-0.39, 0.29) is 21.3 Å². The Hall–Kier alpha value is -1.68. The van der Waals surface area contributed by atoms with Gasteiger partial charge in [0, 0.05) is 30.6 Å². The fourth-order valence-corrected chi connectivity index (χ4v) is 7.85. The van der Waals surface area contributed by atoms with Crippen molar-refractivity contribution >= 4 is 44.7 Å². The van der Waals surface area contributed by atoms with E-state index in [1.54, 1.807) is 0 Å². The first-order chi connectivity index (χ1) is 16.1. The van der Waals surface area contributed by atoms with Crippen molar-refractivity contribution < 1.29 is 17.2 Å². The largest absolute Gasteiger partial charge is 0.370 e. The van der Waals surface area contributed by atoms with Crippen molar-refractivity contribution in [3.05, 3.63) is 46.1 Å². The third kappa shape index (κ3) is 4.04. The molecule has 3 heterocycles. The van der Waals surface area contributed by atoms with Gasteiger partial charge in [0.05, 0.1) is 10.7 Å². The first kappa shape index (κ1) is 24.0. The average Bonchev–Trinajstić information content (AvgIpc) is 3.38. The van der Waals surface area contributed by atoms with Crippen molar-refractivity contribution in [2.75, 3.05) is 29.3 Å². The normalized spacial score (nSPS) is 27.4. The molecule has 0 amide bonds. The van der Waals surface area contributed by atoms with Crippen LogP contribution in [-0.2, 0) is 10.0 Å². The smallest absolute Gasteiger partial charge is 0.267 e. The van der Waals surface area contributed by atoms with Crippen LogP contribution in [0.25, 0.3) is 0 Å². The fraction of sp³-hybridized carbons (Fsp3) is 0.522. The molecule has 3 atom stereocenters. The van der Waals surface area contributed by atoms with E-state index in [4.69, 9.17) is 23.2 Å². The Morgan fingerprint density at radius 2 is 1.97 bits per heavy atom. The number of benzene rings is 1. The molecule has 1 N–H and O–H groups in total. The number of pyridine rings is 1. The molecular weight excluding hydrogens is 505 g/mol. The minimum atomic E-state index is -4.49. The van der Waals surface area contributed by atoms with Crippen molar-refractivity contribution in [2.24, 2.45) is 5.41 Å². The number of aromatic nitrogens is 1. The van der Waals surface area contributed by atoms with Crippen LogP contribution in [0.1, 0.15) is 39.0 Å².